The Labute approximate surface area is 165 Å². The molecule has 27 heavy (non-hydrogen) atoms. The lowest BCUT2D eigenvalue weighted by Gasteiger charge is -2.21. The minimum Gasteiger partial charge on any atom is -0.337 e. The van der Waals surface area contributed by atoms with Crippen molar-refractivity contribution in [3.63, 3.8) is 0 Å². The van der Waals surface area contributed by atoms with Crippen LogP contribution in [0, 0.1) is 17.2 Å². The summed E-state index contributed by atoms with van der Waals surface area (Å²) in [6, 6.07) is 2.25. The second kappa shape index (κ2) is 7.28. The van der Waals surface area contributed by atoms with Crippen molar-refractivity contribution in [1.82, 2.24) is 15.3 Å². The van der Waals surface area contributed by atoms with Crippen molar-refractivity contribution < 1.29 is 4.79 Å². The molecule has 2 unspecified atom stereocenters. The molecule has 0 saturated carbocycles. The van der Waals surface area contributed by atoms with E-state index < -0.39 is 5.54 Å². The van der Waals surface area contributed by atoms with Crippen LogP contribution in [-0.4, -0.2) is 32.9 Å². The largest absolute Gasteiger partial charge is 0.337 e. The lowest BCUT2D eigenvalue weighted by molar-refractivity contribution is -0.122. The summed E-state index contributed by atoms with van der Waals surface area (Å²) in [5.41, 5.74) is 0.333. The number of thioether (sulfide) groups is 1. The molecule has 1 aliphatic carbocycles. The minimum absolute atomic E-state index is 0.0943. The molecule has 2 atom stereocenters. The maximum Gasteiger partial charge on any atom is 0.259 e. The molecule has 0 radical (unpaired) electrons. The lowest BCUT2D eigenvalue weighted by Crippen LogP contribution is -2.47. The average Bonchev–Trinajstić information content (AvgIpc) is 3.24. The molecule has 4 rings (SSSR count). The summed E-state index contributed by atoms with van der Waals surface area (Å²) in [7, 11) is 0. The van der Waals surface area contributed by atoms with Gasteiger partial charge in [-0.25, -0.2) is 4.98 Å². The van der Waals surface area contributed by atoms with E-state index in [4.69, 9.17) is 0 Å². The molecule has 8 heteroatoms. The highest BCUT2D eigenvalue weighted by molar-refractivity contribution is 7.99. The first-order valence-corrected chi connectivity index (χ1v) is 11.3. The number of hydrogen-bond donors (Lipinski definition) is 2. The number of carbonyl (C=O) groups is 1. The Balaban J connectivity index is 1.49. The number of thiophene rings is 1. The van der Waals surface area contributed by atoms with Crippen molar-refractivity contribution in [3.05, 3.63) is 26.6 Å². The number of hydrogen-bond acceptors (Lipinski definition) is 6. The molecule has 2 N–H and O–H groups in total. The van der Waals surface area contributed by atoms with Crippen LogP contribution in [0.1, 0.15) is 42.5 Å². The normalized spacial score (nSPS) is 24.5. The molecule has 2 aliphatic rings. The molecule has 1 fully saturated rings. The molecule has 1 aliphatic heterocycles. The number of nitriles is 1. The van der Waals surface area contributed by atoms with Gasteiger partial charge in [0.25, 0.3) is 5.56 Å². The van der Waals surface area contributed by atoms with E-state index in [0.29, 0.717) is 30.3 Å². The third-order valence-corrected chi connectivity index (χ3v) is 7.76. The summed E-state index contributed by atoms with van der Waals surface area (Å²) < 4.78 is 0. The van der Waals surface area contributed by atoms with Crippen molar-refractivity contribution in [3.8, 4) is 6.07 Å². The zero-order chi connectivity index (χ0) is 19.0. The van der Waals surface area contributed by atoms with E-state index in [9.17, 15) is 14.9 Å². The van der Waals surface area contributed by atoms with Crippen molar-refractivity contribution in [2.24, 2.45) is 5.92 Å². The monoisotopic (exact) mass is 402 g/mol. The number of rotatable bonds is 4. The number of nitrogens with one attached hydrogen (secondary N) is 2. The van der Waals surface area contributed by atoms with E-state index in [-0.39, 0.29) is 17.9 Å². The Morgan fingerprint density at radius 3 is 3.11 bits per heavy atom. The third kappa shape index (κ3) is 3.63. The Bertz CT molecular complexity index is 982. The SMILES string of the molecule is CC1CCc2c(sc3nc(CCC(=O)NC4(C#N)CCSC4)[nH]c(=O)c23)C1. The summed E-state index contributed by atoms with van der Waals surface area (Å²) in [5, 5.41) is 13.0. The molecule has 0 bridgehead atoms. The van der Waals surface area contributed by atoms with Crippen molar-refractivity contribution >= 4 is 39.2 Å². The quantitative estimate of drug-likeness (QED) is 0.819. The van der Waals surface area contributed by atoms with Gasteiger partial charge in [0.15, 0.2) is 0 Å². The number of nitrogens with zero attached hydrogens (tertiary/aromatic N) is 2. The minimum atomic E-state index is -0.740. The number of H-pyrrole nitrogens is 1. The average molecular weight is 403 g/mol. The van der Waals surface area contributed by atoms with Gasteiger partial charge in [0, 0.05) is 23.5 Å². The summed E-state index contributed by atoms with van der Waals surface area (Å²) in [4.78, 5) is 34.4. The molecule has 3 heterocycles. The Kier molecular flexibility index (Phi) is 4.99. The predicted molar refractivity (Wildman–Crippen MR) is 108 cm³/mol. The predicted octanol–water partition coefficient (Wildman–Crippen LogP) is 2.56. The number of carbonyl (C=O) groups excluding carboxylic acids is 1. The molecular formula is C19H22N4O2S2. The number of fused-ring (bicyclic) bond motifs is 3. The van der Waals surface area contributed by atoms with Gasteiger partial charge < -0.3 is 10.3 Å². The standard InChI is InChI=1S/C19H22N4O2S2/c1-11-2-3-12-13(8-11)27-18-16(12)17(25)21-14(22-18)4-5-15(24)23-19(9-20)6-7-26-10-19/h11H,2-8,10H2,1H3,(H,23,24)(H,21,22,25). The van der Waals surface area contributed by atoms with Gasteiger partial charge >= 0.3 is 0 Å². The van der Waals surface area contributed by atoms with E-state index in [1.165, 1.54) is 10.4 Å². The fraction of sp³-hybridized carbons (Fsp3) is 0.579. The molecule has 1 saturated heterocycles. The summed E-state index contributed by atoms with van der Waals surface area (Å²) in [5.74, 6) is 2.55. The Morgan fingerprint density at radius 1 is 1.52 bits per heavy atom. The molecule has 142 valence electrons. The van der Waals surface area contributed by atoms with Crippen LogP contribution in [0.5, 0.6) is 0 Å². The molecule has 6 nitrogen and oxygen atoms in total. The number of amides is 1. The molecule has 1 amide bonds. The second-order valence-corrected chi connectivity index (χ2v) is 9.78. The first kappa shape index (κ1) is 18.5. The molecule has 0 spiro atoms. The first-order valence-electron chi connectivity index (χ1n) is 9.33. The Morgan fingerprint density at radius 2 is 2.37 bits per heavy atom. The number of aromatic nitrogens is 2. The van der Waals surface area contributed by atoms with Crippen molar-refractivity contribution in [2.75, 3.05) is 11.5 Å². The molecule has 2 aromatic rings. The van der Waals surface area contributed by atoms with E-state index in [1.807, 2.05) is 0 Å². The van der Waals surface area contributed by atoms with Crippen LogP contribution < -0.4 is 10.9 Å². The van der Waals surface area contributed by atoms with Crippen LogP contribution in [0.25, 0.3) is 10.2 Å². The van der Waals surface area contributed by atoms with E-state index in [2.05, 4.69) is 28.3 Å². The van der Waals surface area contributed by atoms with Crippen LogP contribution in [0.15, 0.2) is 4.79 Å². The van der Waals surface area contributed by atoms with Crippen LogP contribution >= 0.6 is 23.1 Å². The van der Waals surface area contributed by atoms with Gasteiger partial charge in [-0.2, -0.15) is 17.0 Å². The smallest absolute Gasteiger partial charge is 0.259 e. The maximum atomic E-state index is 12.6. The van der Waals surface area contributed by atoms with Gasteiger partial charge in [-0.3, -0.25) is 9.59 Å². The highest BCUT2D eigenvalue weighted by atomic mass is 32.2. The molecule has 0 aromatic carbocycles. The zero-order valence-corrected chi connectivity index (χ0v) is 16.9. The zero-order valence-electron chi connectivity index (χ0n) is 15.3. The number of aromatic amines is 1. The highest BCUT2D eigenvalue weighted by Crippen LogP contribution is 2.35. The van der Waals surface area contributed by atoms with Crippen LogP contribution in [0.2, 0.25) is 0 Å². The van der Waals surface area contributed by atoms with Gasteiger partial charge in [-0.15, -0.1) is 11.3 Å². The van der Waals surface area contributed by atoms with Gasteiger partial charge in [-0.1, -0.05) is 6.92 Å². The van der Waals surface area contributed by atoms with Crippen LogP contribution in [-0.2, 0) is 24.1 Å². The fourth-order valence-electron chi connectivity index (χ4n) is 3.85. The van der Waals surface area contributed by atoms with E-state index >= 15 is 0 Å². The summed E-state index contributed by atoms with van der Waals surface area (Å²) in [6.45, 7) is 2.24. The van der Waals surface area contributed by atoms with Gasteiger partial charge in [0.1, 0.15) is 16.2 Å². The van der Waals surface area contributed by atoms with E-state index in [1.54, 1.807) is 23.1 Å². The topological polar surface area (TPSA) is 98.6 Å². The van der Waals surface area contributed by atoms with Crippen molar-refractivity contribution in [1.29, 1.82) is 5.26 Å². The highest BCUT2D eigenvalue weighted by Gasteiger charge is 2.35. The second-order valence-electron chi connectivity index (χ2n) is 7.59. The summed E-state index contributed by atoms with van der Waals surface area (Å²) >= 11 is 3.30. The van der Waals surface area contributed by atoms with Gasteiger partial charge in [0.05, 0.1) is 11.5 Å². The first-order chi connectivity index (χ1) is 13.0. The fourth-order valence-corrected chi connectivity index (χ4v) is 6.52. The van der Waals surface area contributed by atoms with Gasteiger partial charge in [-0.05, 0) is 42.9 Å². The summed E-state index contributed by atoms with van der Waals surface area (Å²) in [6.07, 6.45) is 4.33. The lowest BCUT2D eigenvalue weighted by atomic mass is 9.89. The third-order valence-electron chi connectivity index (χ3n) is 5.42. The van der Waals surface area contributed by atoms with Gasteiger partial charge in [0.2, 0.25) is 5.91 Å². The Hall–Kier alpha value is -1.85. The number of aryl methyl sites for hydroxylation is 2. The van der Waals surface area contributed by atoms with E-state index in [0.717, 1.165) is 35.2 Å². The van der Waals surface area contributed by atoms with Crippen LogP contribution in [0.4, 0.5) is 0 Å². The molecule has 2 aromatic heterocycles. The van der Waals surface area contributed by atoms with Crippen molar-refractivity contribution in [2.45, 2.75) is 51.0 Å². The maximum absolute atomic E-state index is 12.6. The van der Waals surface area contributed by atoms with Crippen LogP contribution in [0.3, 0.4) is 0 Å². The molecular weight excluding hydrogens is 380 g/mol.